The van der Waals surface area contributed by atoms with E-state index in [4.69, 9.17) is 4.74 Å². The molecule has 2 heterocycles. The number of piperazine rings is 1. The maximum absolute atomic E-state index is 13.4. The van der Waals surface area contributed by atoms with Crippen LogP contribution in [0.15, 0.2) is 24.3 Å². The zero-order valence-electron chi connectivity index (χ0n) is 16.5. The summed E-state index contributed by atoms with van der Waals surface area (Å²) in [4.78, 5) is 32.7. The standard InChI is InChI=1S/C20H29FN4O3/c1-2-23(15-17-4-3-5-18(21)14-17)19(26)16-22-6-8-24(9-7-22)20(27)25-10-12-28-13-11-25/h3-5,14H,2,6-13,15-16H2,1H3. The monoisotopic (exact) mass is 392 g/mol. The molecular weight excluding hydrogens is 363 g/mol. The molecule has 0 atom stereocenters. The first-order valence-electron chi connectivity index (χ1n) is 9.93. The lowest BCUT2D eigenvalue weighted by molar-refractivity contribution is -0.133. The molecule has 2 aliphatic rings. The molecule has 2 aliphatic heterocycles. The Morgan fingerprint density at radius 3 is 2.39 bits per heavy atom. The molecule has 1 aromatic rings. The summed E-state index contributed by atoms with van der Waals surface area (Å²) in [7, 11) is 0. The van der Waals surface area contributed by atoms with Crippen LogP contribution < -0.4 is 0 Å². The fourth-order valence-corrected chi connectivity index (χ4v) is 3.58. The number of urea groups is 1. The van der Waals surface area contributed by atoms with Gasteiger partial charge in [0.05, 0.1) is 19.8 Å². The largest absolute Gasteiger partial charge is 0.378 e. The summed E-state index contributed by atoms with van der Waals surface area (Å²) in [6.07, 6.45) is 0. The highest BCUT2D eigenvalue weighted by molar-refractivity contribution is 5.78. The second-order valence-electron chi connectivity index (χ2n) is 7.18. The number of hydrogen-bond donors (Lipinski definition) is 0. The second kappa shape index (κ2) is 9.84. The molecule has 0 aliphatic carbocycles. The number of morpholine rings is 1. The maximum atomic E-state index is 13.4. The molecule has 1 aromatic carbocycles. The third-order valence-corrected chi connectivity index (χ3v) is 5.28. The molecule has 3 rings (SSSR count). The normalized spacial score (nSPS) is 18.2. The number of carbonyl (C=O) groups excluding carboxylic acids is 2. The van der Waals surface area contributed by atoms with Crippen molar-refractivity contribution < 1.29 is 18.7 Å². The Balaban J connectivity index is 1.46. The highest BCUT2D eigenvalue weighted by atomic mass is 19.1. The van der Waals surface area contributed by atoms with Gasteiger partial charge in [0.25, 0.3) is 0 Å². The first-order chi connectivity index (χ1) is 13.6. The summed E-state index contributed by atoms with van der Waals surface area (Å²) in [6, 6.07) is 6.42. The number of carbonyl (C=O) groups is 2. The third kappa shape index (κ3) is 5.42. The molecule has 0 bridgehead atoms. The topological polar surface area (TPSA) is 56.3 Å². The minimum Gasteiger partial charge on any atom is -0.378 e. The summed E-state index contributed by atoms with van der Waals surface area (Å²) >= 11 is 0. The Bertz CT molecular complexity index is 673. The van der Waals surface area contributed by atoms with Crippen LogP contribution in [0.5, 0.6) is 0 Å². The number of benzene rings is 1. The predicted molar refractivity (Wildman–Crippen MR) is 103 cm³/mol. The van der Waals surface area contributed by atoms with Gasteiger partial charge in [-0.15, -0.1) is 0 Å². The fraction of sp³-hybridized carbons (Fsp3) is 0.600. The van der Waals surface area contributed by atoms with Crippen LogP contribution in [0, 0.1) is 5.82 Å². The first kappa shape index (κ1) is 20.5. The first-order valence-corrected chi connectivity index (χ1v) is 9.93. The minimum absolute atomic E-state index is 0.0275. The van der Waals surface area contributed by atoms with Crippen molar-refractivity contribution in [1.82, 2.24) is 19.6 Å². The van der Waals surface area contributed by atoms with Crippen LogP contribution in [-0.4, -0.2) is 97.1 Å². The average Bonchev–Trinajstić information content (AvgIpc) is 2.72. The van der Waals surface area contributed by atoms with Gasteiger partial charge >= 0.3 is 6.03 Å². The second-order valence-corrected chi connectivity index (χ2v) is 7.18. The summed E-state index contributed by atoms with van der Waals surface area (Å²) in [5.74, 6) is -0.262. The Morgan fingerprint density at radius 1 is 1.07 bits per heavy atom. The quantitative estimate of drug-likeness (QED) is 0.757. The van der Waals surface area contributed by atoms with E-state index in [2.05, 4.69) is 4.90 Å². The van der Waals surface area contributed by atoms with Gasteiger partial charge in [0.15, 0.2) is 0 Å². The number of amides is 3. The number of ether oxygens (including phenoxy) is 1. The molecule has 0 N–H and O–H groups in total. The number of likely N-dealkylation sites (N-methyl/N-ethyl adjacent to an activating group) is 1. The van der Waals surface area contributed by atoms with Crippen molar-refractivity contribution >= 4 is 11.9 Å². The molecule has 154 valence electrons. The number of halogens is 1. The number of hydrogen-bond acceptors (Lipinski definition) is 4. The smallest absolute Gasteiger partial charge is 0.320 e. The lowest BCUT2D eigenvalue weighted by Gasteiger charge is -2.38. The summed E-state index contributed by atoms with van der Waals surface area (Å²) in [6.45, 7) is 8.31. The molecule has 0 unspecified atom stereocenters. The van der Waals surface area contributed by atoms with E-state index in [0.717, 1.165) is 5.56 Å². The van der Waals surface area contributed by atoms with Crippen LogP contribution in [0.1, 0.15) is 12.5 Å². The van der Waals surface area contributed by atoms with Crippen LogP contribution in [0.25, 0.3) is 0 Å². The van der Waals surface area contributed by atoms with E-state index in [-0.39, 0.29) is 17.8 Å². The summed E-state index contributed by atoms with van der Waals surface area (Å²) in [5, 5.41) is 0. The SMILES string of the molecule is CCN(Cc1cccc(F)c1)C(=O)CN1CCN(C(=O)N2CCOCC2)CC1. The molecule has 2 saturated heterocycles. The van der Waals surface area contributed by atoms with Crippen LogP contribution >= 0.6 is 0 Å². The Kier molecular flexibility index (Phi) is 7.22. The van der Waals surface area contributed by atoms with Crippen molar-refractivity contribution in [2.45, 2.75) is 13.5 Å². The zero-order valence-corrected chi connectivity index (χ0v) is 16.5. The molecule has 0 spiro atoms. The lowest BCUT2D eigenvalue weighted by Crippen LogP contribution is -2.55. The highest BCUT2D eigenvalue weighted by Crippen LogP contribution is 2.11. The Hall–Kier alpha value is -2.19. The molecule has 2 fully saturated rings. The van der Waals surface area contributed by atoms with Crippen molar-refractivity contribution in [2.75, 3.05) is 65.6 Å². The van der Waals surface area contributed by atoms with Crippen molar-refractivity contribution in [1.29, 1.82) is 0 Å². The Morgan fingerprint density at radius 2 is 1.75 bits per heavy atom. The van der Waals surface area contributed by atoms with Gasteiger partial charge in [0.1, 0.15) is 5.82 Å². The van der Waals surface area contributed by atoms with Crippen molar-refractivity contribution in [3.8, 4) is 0 Å². The fourth-order valence-electron chi connectivity index (χ4n) is 3.58. The number of nitrogens with zero attached hydrogens (tertiary/aromatic N) is 4. The van der Waals surface area contributed by atoms with Gasteiger partial charge in [0, 0.05) is 52.4 Å². The van der Waals surface area contributed by atoms with Gasteiger partial charge in [-0.3, -0.25) is 9.69 Å². The van der Waals surface area contributed by atoms with Crippen LogP contribution in [-0.2, 0) is 16.1 Å². The van der Waals surface area contributed by atoms with E-state index in [1.54, 1.807) is 11.0 Å². The van der Waals surface area contributed by atoms with Crippen LogP contribution in [0.3, 0.4) is 0 Å². The molecule has 8 heteroatoms. The van der Waals surface area contributed by atoms with Crippen molar-refractivity contribution in [2.24, 2.45) is 0 Å². The molecule has 0 saturated carbocycles. The van der Waals surface area contributed by atoms with E-state index in [1.165, 1.54) is 12.1 Å². The van der Waals surface area contributed by atoms with Gasteiger partial charge in [-0.1, -0.05) is 12.1 Å². The lowest BCUT2D eigenvalue weighted by atomic mass is 10.2. The van der Waals surface area contributed by atoms with E-state index >= 15 is 0 Å². The molecule has 7 nitrogen and oxygen atoms in total. The average molecular weight is 392 g/mol. The molecule has 0 aromatic heterocycles. The minimum atomic E-state index is -0.290. The van der Waals surface area contributed by atoms with E-state index in [9.17, 15) is 14.0 Å². The number of rotatable bonds is 5. The summed E-state index contributed by atoms with van der Waals surface area (Å²) in [5.41, 5.74) is 0.788. The van der Waals surface area contributed by atoms with Crippen molar-refractivity contribution in [3.63, 3.8) is 0 Å². The van der Waals surface area contributed by atoms with Crippen LogP contribution in [0.2, 0.25) is 0 Å². The van der Waals surface area contributed by atoms with E-state index in [0.29, 0.717) is 72.1 Å². The zero-order chi connectivity index (χ0) is 19.9. The predicted octanol–water partition coefficient (Wildman–Crippen LogP) is 1.24. The molecular formula is C20H29FN4O3. The van der Waals surface area contributed by atoms with Gasteiger partial charge in [-0.25, -0.2) is 9.18 Å². The highest BCUT2D eigenvalue weighted by Gasteiger charge is 2.27. The molecule has 3 amide bonds. The maximum Gasteiger partial charge on any atom is 0.320 e. The molecule has 28 heavy (non-hydrogen) atoms. The van der Waals surface area contributed by atoms with Gasteiger partial charge in [-0.05, 0) is 24.6 Å². The van der Waals surface area contributed by atoms with Gasteiger partial charge in [-0.2, -0.15) is 0 Å². The van der Waals surface area contributed by atoms with E-state index < -0.39 is 0 Å². The van der Waals surface area contributed by atoms with E-state index in [1.807, 2.05) is 22.8 Å². The third-order valence-electron chi connectivity index (χ3n) is 5.28. The molecule has 0 radical (unpaired) electrons. The van der Waals surface area contributed by atoms with Crippen molar-refractivity contribution in [3.05, 3.63) is 35.6 Å². The van der Waals surface area contributed by atoms with Gasteiger partial charge in [0.2, 0.25) is 5.91 Å². The Labute approximate surface area is 165 Å². The van der Waals surface area contributed by atoms with Crippen LogP contribution in [0.4, 0.5) is 9.18 Å². The van der Waals surface area contributed by atoms with Gasteiger partial charge < -0.3 is 19.4 Å². The summed E-state index contributed by atoms with van der Waals surface area (Å²) < 4.78 is 18.7.